The van der Waals surface area contributed by atoms with Crippen LogP contribution in [0.2, 0.25) is 0 Å². The molecule has 190 valence electrons. The van der Waals surface area contributed by atoms with Crippen LogP contribution in [0.15, 0.2) is 60.7 Å². The van der Waals surface area contributed by atoms with Crippen LogP contribution in [0.5, 0.6) is 5.75 Å². The Bertz CT molecular complexity index is 1350. The van der Waals surface area contributed by atoms with Crippen LogP contribution < -0.4 is 9.64 Å². The second-order valence-electron chi connectivity index (χ2n) is 12.9. The van der Waals surface area contributed by atoms with Gasteiger partial charge in [-0.1, -0.05) is 77.9 Å². The standard InChI is InChI=1S/C33H35NO3/c1-32(2,3)18-8-14-22-24(16-18)26-23-15-9-19(33(4,5)6)17-25(23)27(22)29-28(26)30(35)34(31(29)36)20-10-12-21(37-7)13-11-20/h8-17,26-29H,1-7H3/t26-,27+,28+,29-. The molecule has 2 amide bonds. The number of hydrogen-bond acceptors (Lipinski definition) is 3. The molecule has 3 aromatic carbocycles. The van der Waals surface area contributed by atoms with Gasteiger partial charge in [0.25, 0.3) is 0 Å². The van der Waals surface area contributed by atoms with Crippen molar-refractivity contribution >= 4 is 17.5 Å². The zero-order valence-corrected chi connectivity index (χ0v) is 22.8. The maximum absolute atomic E-state index is 14.1. The van der Waals surface area contributed by atoms with Gasteiger partial charge in [-0.2, -0.15) is 0 Å². The second kappa shape index (κ2) is 7.80. The molecule has 0 unspecified atom stereocenters. The average molecular weight is 494 g/mol. The van der Waals surface area contributed by atoms with Crippen LogP contribution in [0.1, 0.15) is 86.8 Å². The lowest BCUT2D eigenvalue weighted by Crippen LogP contribution is -2.42. The SMILES string of the molecule is COc1ccc(N2C(=O)[C@@H]3[C@@H]4c5cc(C(C)(C)C)ccc5[C@H](c5cc(C(C)(C)C)ccc54)[C@@H]3C2=O)cc1. The number of nitrogens with zero attached hydrogens (tertiary/aromatic N) is 1. The van der Waals surface area contributed by atoms with E-state index in [1.54, 1.807) is 19.2 Å². The molecule has 4 nitrogen and oxygen atoms in total. The molecule has 4 aliphatic rings. The molecule has 4 heteroatoms. The van der Waals surface area contributed by atoms with E-state index in [2.05, 4.69) is 77.9 Å². The third-order valence-corrected chi connectivity index (χ3v) is 8.69. The number of carbonyl (C=O) groups is 2. The summed E-state index contributed by atoms with van der Waals surface area (Å²) in [5.74, 6) is -0.526. The minimum absolute atomic E-state index is 0.00528. The summed E-state index contributed by atoms with van der Waals surface area (Å²) in [6.07, 6.45) is 0. The highest BCUT2D eigenvalue weighted by molar-refractivity contribution is 6.23. The molecule has 0 radical (unpaired) electrons. The van der Waals surface area contributed by atoms with Gasteiger partial charge in [-0.3, -0.25) is 9.59 Å². The van der Waals surface area contributed by atoms with Gasteiger partial charge in [0.1, 0.15) is 5.75 Å². The minimum atomic E-state index is -0.393. The summed E-state index contributed by atoms with van der Waals surface area (Å²) in [5, 5.41) is 0. The molecule has 4 atom stereocenters. The Balaban J connectivity index is 1.55. The number of amides is 2. The van der Waals surface area contributed by atoms with E-state index in [9.17, 15) is 9.59 Å². The quantitative estimate of drug-likeness (QED) is 0.374. The molecule has 1 aliphatic heterocycles. The Morgan fingerprint density at radius 3 is 1.43 bits per heavy atom. The third kappa shape index (κ3) is 3.41. The largest absolute Gasteiger partial charge is 0.497 e. The highest BCUT2D eigenvalue weighted by Gasteiger charge is 2.62. The van der Waals surface area contributed by atoms with E-state index in [0.717, 1.165) is 0 Å². The second-order valence-corrected chi connectivity index (χ2v) is 12.9. The predicted molar refractivity (Wildman–Crippen MR) is 146 cm³/mol. The topological polar surface area (TPSA) is 46.6 Å². The maximum atomic E-state index is 14.1. The number of hydrogen-bond donors (Lipinski definition) is 0. The van der Waals surface area contributed by atoms with Gasteiger partial charge < -0.3 is 4.74 Å². The van der Waals surface area contributed by atoms with Crippen molar-refractivity contribution in [3.05, 3.63) is 94.0 Å². The summed E-state index contributed by atoms with van der Waals surface area (Å²) in [5.41, 5.74) is 7.96. The van der Waals surface area contributed by atoms with E-state index in [0.29, 0.717) is 11.4 Å². The van der Waals surface area contributed by atoms with Gasteiger partial charge in [0.05, 0.1) is 24.6 Å². The van der Waals surface area contributed by atoms with Gasteiger partial charge in [0.15, 0.2) is 0 Å². The first-order chi connectivity index (χ1) is 17.4. The number of imide groups is 1. The number of rotatable bonds is 2. The highest BCUT2D eigenvalue weighted by atomic mass is 16.5. The lowest BCUT2D eigenvalue weighted by atomic mass is 9.54. The van der Waals surface area contributed by atoms with E-state index >= 15 is 0 Å². The zero-order chi connectivity index (χ0) is 26.4. The number of benzene rings is 3. The molecule has 0 spiro atoms. The molecule has 0 aromatic heterocycles. The van der Waals surface area contributed by atoms with Crippen LogP contribution in [0.3, 0.4) is 0 Å². The Morgan fingerprint density at radius 1 is 0.622 bits per heavy atom. The Hall–Kier alpha value is -3.40. The van der Waals surface area contributed by atoms with Crippen LogP contribution in [-0.2, 0) is 20.4 Å². The molecule has 0 N–H and O–H groups in total. The average Bonchev–Trinajstić information content (AvgIpc) is 3.12. The molecular formula is C33H35NO3. The first-order valence-corrected chi connectivity index (χ1v) is 13.2. The predicted octanol–water partition coefficient (Wildman–Crippen LogP) is 6.69. The Labute approximate surface area is 219 Å². The molecule has 3 aromatic rings. The van der Waals surface area contributed by atoms with Crippen molar-refractivity contribution in [3.8, 4) is 5.75 Å². The Morgan fingerprint density at radius 2 is 1.05 bits per heavy atom. The highest BCUT2D eigenvalue weighted by Crippen LogP contribution is 2.62. The minimum Gasteiger partial charge on any atom is -0.497 e. The van der Waals surface area contributed by atoms with Crippen molar-refractivity contribution < 1.29 is 14.3 Å². The van der Waals surface area contributed by atoms with Crippen molar-refractivity contribution in [2.24, 2.45) is 11.8 Å². The number of anilines is 1. The van der Waals surface area contributed by atoms with E-state index in [1.165, 1.54) is 38.3 Å². The van der Waals surface area contributed by atoms with Crippen molar-refractivity contribution in [3.63, 3.8) is 0 Å². The molecule has 1 heterocycles. The van der Waals surface area contributed by atoms with Gasteiger partial charge >= 0.3 is 0 Å². The summed E-state index contributed by atoms with van der Waals surface area (Å²) in [6.45, 7) is 13.3. The van der Waals surface area contributed by atoms with Gasteiger partial charge in [0.2, 0.25) is 11.8 Å². The first kappa shape index (κ1) is 24.0. The normalized spacial score (nSPS) is 24.1. The fraction of sp³-hybridized carbons (Fsp3) is 0.394. The molecule has 3 aliphatic carbocycles. The number of ether oxygens (including phenoxy) is 1. The first-order valence-electron chi connectivity index (χ1n) is 13.2. The van der Waals surface area contributed by atoms with Crippen LogP contribution >= 0.6 is 0 Å². The fourth-order valence-electron chi connectivity index (χ4n) is 6.70. The summed E-state index contributed by atoms with van der Waals surface area (Å²) >= 11 is 0. The van der Waals surface area contributed by atoms with E-state index in [-0.39, 0.29) is 34.5 Å². The lowest BCUT2D eigenvalue weighted by Gasteiger charge is -2.47. The van der Waals surface area contributed by atoms with E-state index in [4.69, 9.17) is 4.74 Å². The third-order valence-electron chi connectivity index (χ3n) is 8.69. The fourth-order valence-corrected chi connectivity index (χ4v) is 6.70. The smallest absolute Gasteiger partial charge is 0.238 e. The molecule has 37 heavy (non-hydrogen) atoms. The Kier molecular flexibility index (Phi) is 5.05. The summed E-state index contributed by atoms with van der Waals surface area (Å²) in [4.78, 5) is 29.6. The number of methoxy groups -OCH3 is 1. The molecular weight excluding hydrogens is 458 g/mol. The van der Waals surface area contributed by atoms with Crippen molar-refractivity contribution in [1.82, 2.24) is 0 Å². The van der Waals surface area contributed by atoms with Crippen LogP contribution in [-0.4, -0.2) is 18.9 Å². The molecule has 7 rings (SSSR count). The summed E-state index contributed by atoms with van der Waals surface area (Å²) < 4.78 is 5.30. The molecule has 2 bridgehead atoms. The van der Waals surface area contributed by atoms with Crippen molar-refractivity contribution in [2.75, 3.05) is 12.0 Å². The summed E-state index contributed by atoms with van der Waals surface area (Å²) in [6, 6.07) is 20.7. The van der Waals surface area contributed by atoms with E-state index < -0.39 is 11.8 Å². The molecule has 1 saturated heterocycles. The van der Waals surface area contributed by atoms with Gasteiger partial charge in [-0.05, 0) is 68.5 Å². The summed E-state index contributed by atoms with van der Waals surface area (Å²) in [7, 11) is 1.61. The van der Waals surface area contributed by atoms with Gasteiger partial charge in [-0.25, -0.2) is 4.90 Å². The monoisotopic (exact) mass is 493 g/mol. The van der Waals surface area contributed by atoms with Crippen molar-refractivity contribution in [1.29, 1.82) is 0 Å². The maximum Gasteiger partial charge on any atom is 0.238 e. The number of carbonyl (C=O) groups excluding carboxylic acids is 2. The van der Waals surface area contributed by atoms with Gasteiger partial charge in [0, 0.05) is 11.8 Å². The van der Waals surface area contributed by atoms with Crippen molar-refractivity contribution in [2.45, 2.75) is 64.2 Å². The lowest BCUT2D eigenvalue weighted by molar-refractivity contribution is -0.122. The van der Waals surface area contributed by atoms with Crippen LogP contribution in [0, 0.1) is 11.8 Å². The van der Waals surface area contributed by atoms with Crippen LogP contribution in [0.4, 0.5) is 5.69 Å². The molecule has 1 fully saturated rings. The molecule has 0 saturated carbocycles. The van der Waals surface area contributed by atoms with E-state index in [1.807, 2.05) is 12.1 Å². The van der Waals surface area contributed by atoms with Crippen LogP contribution in [0.25, 0.3) is 0 Å². The zero-order valence-electron chi connectivity index (χ0n) is 22.8. The van der Waals surface area contributed by atoms with Gasteiger partial charge in [-0.15, -0.1) is 0 Å².